The van der Waals surface area contributed by atoms with Crippen LogP contribution in [0.15, 0.2) is 54.6 Å². The largest absolute Gasteiger partial charge is 0.356 e. The Balaban J connectivity index is 1.94. The minimum Gasteiger partial charge on any atom is -0.356 e. The van der Waals surface area contributed by atoms with Crippen LogP contribution in [0.5, 0.6) is 0 Å². The molecule has 116 valence electrons. The van der Waals surface area contributed by atoms with Crippen molar-refractivity contribution in [2.45, 2.75) is 6.04 Å². The molecule has 1 atom stereocenters. The highest BCUT2D eigenvalue weighted by atomic mass is 35.5. The van der Waals surface area contributed by atoms with Crippen LogP contribution in [0.25, 0.3) is 0 Å². The lowest BCUT2D eigenvalue weighted by atomic mass is 10.1. The van der Waals surface area contributed by atoms with E-state index in [2.05, 4.69) is 49.0 Å². The van der Waals surface area contributed by atoms with Crippen molar-refractivity contribution in [1.29, 1.82) is 0 Å². The normalized spacial score (nSPS) is 12.0. The first-order chi connectivity index (χ1) is 10.6. The predicted molar refractivity (Wildman–Crippen MR) is 97.7 cm³/mol. The molecule has 5 heteroatoms. The lowest BCUT2D eigenvalue weighted by Gasteiger charge is -2.23. The van der Waals surface area contributed by atoms with Crippen LogP contribution in [0, 0.1) is 0 Å². The van der Waals surface area contributed by atoms with E-state index in [1.807, 2.05) is 30.3 Å². The van der Waals surface area contributed by atoms with Gasteiger partial charge in [0.05, 0.1) is 20.6 Å². The van der Waals surface area contributed by atoms with E-state index < -0.39 is 0 Å². The molecular formula is C17H21ClN3S+. The van der Waals surface area contributed by atoms with Gasteiger partial charge in [0, 0.05) is 16.3 Å². The Kier molecular flexibility index (Phi) is 6.19. The molecule has 22 heavy (non-hydrogen) atoms. The second kappa shape index (κ2) is 8.13. The highest BCUT2D eigenvalue weighted by Crippen LogP contribution is 2.14. The number of benzene rings is 2. The summed E-state index contributed by atoms with van der Waals surface area (Å²) in [7, 11) is 4.29. The number of halogens is 1. The molecular weight excluding hydrogens is 314 g/mol. The maximum atomic E-state index is 5.97. The number of hydrogen-bond acceptors (Lipinski definition) is 1. The Morgan fingerprint density at radius 2 is 1.86 bits per heavy atom. The summed E-state index contributed by atoms with van der Waals surface area (Å²) < 4.78 is 0. The monoisotopic (exact) mass is 334 g/mol. The molecule has 3 N–H and O–H groups in total. The SMILES string of the molecule is C[NH+](C)[C@@H](CNC(=S)Nc1cccc(Cl)c1)c1ccccc1. The molecule has 0 aliphatic rings. The van der Waals surface area contributed by atoms with E-state index in [1.165, 1.54) is 10.5 Å². The van der Waals surface area contributed by atoms with Crippen LogP contribution < -0.4 is 15.5 Å². The van der Waals surface area contributed by atoms with E-state index in [-0.39, 0.29) is 0 Å². The van der Waals surface area contributed by atoms with E-state index in [0.717, 1.165) is 12.2 Å². The number of anilines is 1. The Morgan fingerprint density at radius 3 is 2.50 bits per heavy atom. The maximum absolute atomic E-state index is 5.97. The maximum Gasteiger partial charge on any atom is 0.171 e. The van der Waals surface area contributed by atoms with Gasteiger partial charge in [0.15, 0.2) is 5.11 Å². The van der Waals surface area contributed by atoms with Gasteiger partial charge in [-0.2, -0.15) is 0 Å². The van der Waals surface area contributed by atoms with Crippen LogP contribution in [0.2, 0.25) is 5.02 Å². The van der Waals surface area contributed by atoms with Crippen molar-refractivity contribution in [3.8, 4) is 0 Å². The molecule has 2 rings (SSSR count). The van der Waals surface area contributed by atoms with Gasteiger partial charge in [-0.05, 0) is 30.4 Å². The fraction of sp³-hybridized carbons (Fsp3) is 0.235. The van der Waals surface area contributed by atoms with Gasteiger partial charge < -0.3 is 15.5 Å². The topological polar surface area (TPSA) is 28.5 Å². The van der Waals surface area contributed by atoms with Crippen molar-refractivity contribution in [3.63, 3.8) is 0 Å². The molecule has 0 unspecified atom stereocenters. The molecule has 2 aromatic carbocycles. The van der Waals surface area contributed by atoms with Gasteiger partial charge in [0.25, 0.3) is 0 Å². The van der Waals surface area contributed by atoms with Crippen LogP contribution in [-0.4, -0.2) is 25.8 Å². The van der Waals surface area contributed by atoms with Crippen molar-refractivity contribution in [1.82, 2.24) is 5.32 Å². The van der Waals surface area contributed by atoms with Gasteiger partial charge in [-0.15, -0.1) is 0 Å². The number of likely N-dealkylation sites (N-methyl/N-ethyl adjacent to an activating group) is 1. The molecule has 0 spiro atoms. The number of hydrogen-bond donors (Lipinski definition) is 3. The van der Waals surface area contributed by atoms with E-state index in [1.54, 1.807) is 0 Å². The average molecular weight is 335 g/mol. The van der Waals surface area contributed by atoms with Gasteiger partial charge in [-0.1, -0.05) is 48.0 Å². The second-order valence-corrected chi connectivity index (χ2v) is 6.23. The lowest BCUT2D eigenvalue weighted by Crippen LogP contribution is -3.07. The highest BCUT2D eigenvalue weighted by Gasteiger charge is 2.17. The van der Waals surface area contributed by atoms with Crippen LogP contribution in [0.3, 0.4) is 0 Å². The number of rotatable bonds is 5. The van der Waals surface area contributed by atoms with Gasteiger partial charge in [-0.25, -0.2) is 0 Å². The van der Waals surface area contributed by atoms with Crippen LogP contribution >= 0.6 is 23.8 Å². The highest BCUT2D eigenvalue weighted by molar-refractivity contribution is 7.80. The molecule has 3 nitrogen and oxygen atoms in total. The zero-order valence-corrected chi connectivity index (χ0v) is 14.3. The third-order valence-corrected chi connectivity index (χ3v) is 3.93. The molecule has 0 aliphatic carbocycles. The molecule has 0 radical (unpaired) electrons. The molecule has 0 bridgehead atoms. The number of nitrogens with one attached hydrogen (secondary N) is 3. The Hall–Kier alpha value is -1.62. The molecule has 2 aromatic rings. The summed E-state index contributed by atoms with van der Waals surface area (Å²) in [6.07, 6.45) is 0. The summed E-state index contributed by atoms with van der Waals surface area (Å²) in [6, 6.07) is 18.3. The Bertz CT molecular complexity index is 616. The zero-order chi connectivity index (χ0) is 15.9. The predicted octanol–water partition coefficient (Wildman–Crippen LogP) is 2.51. The van der Waals surface area contributed by atoms with Gasteiger partial charge in [0.1, 0.15) is 6.04 Å². The van der Waals surface area contributed by atoms with E-state index in [4.69, 9.17) is 23.8 Å². The van der Waals surface area contributed by atoms with Crippen molar-refractivity contribution in [3.05, 3.63) is 65.2 Å². The first kappa shape index (κ1) is 16.7. The molecule has 0 aromatic heterocycles. The smallest absolute Gasteiger partial charge is 0.171 e. The number of thiocarbonyl (C=S) groups is 1. The Labute approximate surface area is 142 Å². The van der Waals surface area contributed by atoms with Crippen LogP contribution in [-0.2, 0) is 0 Å². The van der Waals surface area contributed by atoms with Crippen molar-refractivity contribution >= 4 is 34.6 Å². The minimum absolute atomic E-state index is 0.334. The zero-order valence-electron chi connectivity index (χ0n) is 12.8. The van der Waals surface area contributed by atoms with E-state index in [0.29, 0.717) is 16.2 Å². The fourth-order valence-electron chi connectivity index (χ4n) is 2.28. The molecule has 0 heterocycles. The average Bonchev–Trinajstić information content (AvgIpc) is 2.48. The van der Waals surface area contributed by atoms with Crippen molar-refractivity contribution in [2.24, 2.45) is 0 Å². The van der Waals surface area contributed by atoms with Gasteiger partial charge in [-0.3, -0.25) is 0 Å². The summed E-state index contributed by atoms with van der Waals surface area (Å²) >= 11 is 11.3. The fourth-order valence-corrected chi connectivity index (χ4v) is 2.67. The molecule has 0 saturated carbocycles. The summed E-state index contributed by atoms with van der Waals surface area (Å²) in [5, 5.41) is 7.73. The molecule has 0 fully saturated rings. The molecule has 0 saturated heterocycles. The van der Waals surface area contributed by atoms with E-state index in [9.17, 15) is 0 Å². The van der Waals surface area contributed by atoms with E-state index >= 15 is 0 Å². The standard InChI is InChI=1S/C17H20ClN3S/c1-21(2)16(13-7-4-3-5-8-13)12-19-17(22)20-15-10-6-9-14(18)11-15/h3-11,16H,12H2,1-2H3,(H2,19,20,22)/p+1/t16-/m0/s1. The summed E-state index contributed by atoms with van der Waals surface area (Å²) in [4.78, 5) is 1.35. The molecule has 0 aliphatic heterocycles. The third kappa shape index (κ3) is 4.98. The van der Waals surface area contributed by atoms with Gasteiger partial charge >= 0.3 is 0 Å². The van der Waals surface area contributed by atoms with Crippen molar-refractivity contribution in [2.75, 3.05) is 26.0 Å². The van der Waals surface area contributed by atoms with Crippen LogP contribution in [0.1, 0.15) is 11.6 Å². The first-order valence-corrected chi connectivity index (χ1v) is 8.00. The number of quaternary nitrogens is 1. The summed E-state index contributed by atoms with van der Waals surface area (Å²) in [5.74, 6) is 0. The van der Waals surface area contributed by atoms with Gasteiger partial charge in [0.2, 0.25) is 0 Å². The first-order valence-electron chi connectivity index (χ1n) is 7.21. The minimum atomic E-state index is 0.334. The summed E-state index contributed by atoms with van der Waals surface area (Å²) in [6.45, 7) is 0.763. The second-order valence-electron chi connectivity index (χ2n) is 5.39. The van der Waals surface area contributed by atoms with Crippen LogP contribution in [0.4, 0.5) is 5.69 Å². The third-order valence-electron chi connectivity index (χ3n) is 3.45. The quantitative estimate of drug-likeness (QED) is 0.734. The Morgan fingerprint density at radius 1 is 1.14 bits per heavy atom. The van der Waals surface area contributed by atoms with Crippen molar-refractivity contribution < 1.29 is 4.90 Å². The summed E-state index contributed by atoms with van der Waals surface area (Å²) in [5.41, 5.74) is 2.18. The molecule has 0 amide bonds. The lowest BCUT2D eigenvalue weighted by molar-refractivity contribution is -0.890.